The van der Waals surface area contributed by atoms with Gasteiger partial charge in [0.1, 0.15) is 6.04 Å². The van der Waals surface area contributed by atoms with Crippen LogP contribution in [0.15, 0.2) is 0 Å². The van der Waals surface area contributed by atoms with Gasteiger partial charge in [-0.1, -0.05) is 6.92 Å². The second-order valence-corrected chi connectivity index (χ2v) is 4.45. The lowest BCUT2D eigenvalue weighted by Crippen LogP contribution is -2.55. The molecule has 0 aromatic carbocycles. The molecule has 5 nitrogen and oxygen atoms in total. The fraction of sp³-hybridized carbons (Fsp3) is 0.818. The average Bonchev–Trinajstić information content (AvgIpc) is 2.36. The van der Waals surface area contributed by atoms with E-state index in [1.165, 1.54) is 11.8 Å². The van der Waals surface area contributed by atoms with Gasteiger partial charge in [-0.3, -0.25) is 9.59 Å². The Bertz CT molecular complexity index is 339. The van der Waals surface area contributed by atoms with E-state index in [9.17, 15) is 22.8 Å². The normalized spacial score (nSPS) is 19.1. The number of amides is 2. The van der Waals surface area contributed by atoms with E-state index in [1.807, 2.05) is 6.92 Å². The van der Waals surface area contributed by atoms with Gasteiger partial charge in [0.2, 0.25) is 5.91 Å². The van der Waals surface area contributed by atoms with E-state index in [0.29, 0.717) is 26.2 Å². The molecule has 110 valence electrons. The van der Waals surface area contributed by atoms with Crippen LogP contribution in [-0.4, -0.2) is 66.6 Å². The molecule has 0 bridgehead atoms. The largest absolute Gasteiger partial charge is 0.471 e. The van der Waals surface area contributed by atoms with E-state index < -0.39 is 24.0 Å². The highest BCUT2D eigenvalue weighted by molar-refractivity contribution is 5.89. The summed E-state index contributed by atoms with van der Waals surface area (Å²) in [6.45, 7) is 6.48. The molecule has 0 aromatic rings. The van der Waals surface area contributed by atoms with Gasteiger partial charge in [0.05, 0.1) is 0 Å². The Morgan fingerprint density at radius 2 is 1.74 bits per heavy atom. The van der Waals surface area contributed by atoms with Crippen LogP contribution in [0.25, 0.3) is 0 Å². The fourth-order valence-electron chi connectivity index (χ4n) is 1.90. The first-order chi connectivity index (χ1) is 8.75. The molecule has 1 rings (SSSR count). The summed E-state index contributed by atoms with van der Waals surface area (Å²) < 4.78 is 36.2. The lowest BCUT2D eigenvalue weighted by atomic mass is 10.2. The number of alkyl halides is 3. The zero-order valence-corrected chi connectivity index (χ0v) is 11.0. The molecule has 2 amide bonds. The second kappa shape index (κ2) is 6.23. The lowest BCUT2D eigenvalue weighted by Gasteiger charge is -2.35. The molecule has 0 saturated carbocycles. The maximum Gasteiger partial charge on any atom is 0.471 e. The maximum absolute atomic E-state index is 12.1. The first kappa shape index (κ1) is 15.7. The predicted octanol–water partition coefficient (Wildman–Crippen LogP) is 0.217. The number of carbonyl (C=O) groups is 2. The van der Waals surface area contributed by atoms with Gasteiger partial charge in [-0.25, -0.2) is 0 Å². The van der Waals surface area contributed by atoms with E-state index in [0.717, 1.165) is 6.54 Å². The SMILES string of the molecule is CCN1CCN(C(=O)[C@H](C)NC(=O)C(F)(F)F)CC1. The summed E-state index contributed by atoms with van der Waals surface area (Å²) in [7, 11) is 0. The van der Waals surface area contributed by atoms with Gasteiger partial charge in [0.15, 0.2) is 0 Å². The minimum absolute atomic E-state index is 0.471. The maximum atomic E-state index is 12.1. The van der Waals surface area contributed by atoms with Crippen LogP contribution in [0.3, 0.4) is 0 Å². The van der Waals surface area contributed by atoms with Crippen molar-refractivity contribution in [3.8, 4) is 0 Å². The molecule has 0 unspecified atom stereocenters. The Kier molecular flexibility index (Phi) is 5.16. The average molecular weight is 281 g/mol. The van der Waals surface area contributed by atoms with E-state index in [1.54, 1.807) is 5.32 Å². The van der Waals surface area contributed by atoms with Crippen LogP contribution >= 0.6 is 0 Å². The zero-order valence-electron chi connectivity index (χ0n) is 11.0. The van der Waals surface area contributed by atoms with Crippen LogP contribution in [0.4, 0.5) is 13.2 Å². The number of piperazine rings is 1. The van der Waals surface area contributed by atoms with Crippen molar-refractivity contribution in [2.75, 3.05) is 32.7 Å². The van der Waals surface area contributed by atoms with E-state index in [4.69, 9.17) is 0 Å². The van der Waals surface area contributed by atoms with Crippen molar-refractivity contribution in [1.29, 1.82) is 0 Å². The van der Waals surface area contributed by atoms with Crippen molar-refractivity contribution in [3.63, 3.8) is 0 Å². The third-order valence-electron chi connectivity index (χ3n) is 3.11. The summed E-state index contributed by atoms with van der Waals surface area (Å²) in [4.78, 5) is 26.2. The first-order valence-electron chi connectivity index (χ1n) is 6.14. The van der Waals surface area contributed by atoms with Crippen LogP contribution in [0.5, 0.6) is 0 Å². The minimum atomic E-state index is -4.96. The zero-order chi connectivity index (χ0) is 14.6. The standard InChI is InChI=1S/C11H18F3N3O2/c1-3-16-4-6-17(7-5-16)9(18)8(2)15-10(19)11(12,13)14/h8H,3-7H2,1-2H3,(H,15,19)/t8-/m0/s1. The summed E-state index contributed by atoms with van der Waals surface area (Å²) in [6.07, 6.45) is -4.96. The molecule has 1 aliphatic rings. The molecule has 0 aromatic heterocycles. The monoisotopic (exact) mass is 281 g/mol. The number of hydrogen-bond donors (Lipinski definition) is 1. The number of hydrogen-bond acceptors (Lipinski definition) is 3. The first-order valence-corrected chi connectivity index (χ1v) is 6.14. The van der Waals surface area contributed by atoms with Crippen molar-refractivity contribution in [1.82, 2.24) is 15.1 Å². The Morgan fingerprint density at radius 1 is 1.21 bits per heavy atom. The molecule has 0 spiro atoms. The van der Waals surface area contributed by atoms with Gasteiger partial charge >= 0.3 is 12.1 Å². The summed E-state index contributed by atoms with van der Waals surface area (Å²) in [6, 6.07) is -1.16. The van der Waals surface area contributed by atoms with Crippen LogP contribution in [0.2, 0.25) is 0 Å². The van der Waals surface area contributed by atoms with E-state index in [2.05, 4.69) is 4.90 Å². The summed E-state index contributed by atoms with van der Waals surface area (Å²) >= 11 is 0. The van der Waals surface area contributed by atoms with Crippen molar-refractivity contribution in [3.05, 3.63) is 0 Å². The molecular weight excluding hydrogens is 263 g/mol. The van der Waals surface area contributed by atoms with Gasteiger partial charge in [-0.05, 0) is 13.5 Å². The molecule has 1 aliphatic heterocycles. The van der Waals surface area contributed by atoms with Gasteiger partial charge in [-0.2, -0.15) is 13.2 Å². The number of halogens is 3. The quantitative estimate of drug-likeness (QED) is 0.805. The summed E-state index contributed by atoms with van der Waals surface area (Å²) in [5, 5.41) is 1.67. The van der Waals surface area contributed by atoms with Gasteiger partial charge < -0.3 is 15.1 Å². The number of nitrogens with zero attached hydrogens (tertiary/aromatic N) is 2. The van der Waals surface area contributed by atoms with Crippen molar-refractivity contribution >= 4 is 11.8 Å². The van der Waals surface area contributed by atoms with E-state index >= 15 is 0 Å². The fourth-order valence-corrected chi connectivity index (χ4v) is 1.90. The van der Waals surface area contributed by atoms with Crippen LogP contribution in [0, 0.1) is 0 Å². The molecule has 0 radical (unpaired) electrons. The molecule has 19 heavy (non-hydrogen) atoms. The third kappa shape index (κ3) is 4.38. The number of rotatable bonds is 3. The molecule has 1 N–H and O–H groups in total. The Labute approximate surface area is 109 Å². The second-order valence-electron chi connectivity index (χ2n) is 4.45. The minimum Gasteiger partial charge on any atom is -0.338 e. The van der Waals surface area contributed by atoms with Crippen molar-refractivity contribution in [2.24, 2.45) is 0 Å². The van der Waals surface area contributed by atoms with Crippen LogP contribution in [-0.2, 0) is 9.59 Å². The number of likely N-dealkylation sites (N-methyl/N-ethyl adjacent to an activating group) is 1. The van der Waals surface area contributed by atoms with Crippen LogP contribution in [0.1, 0.15) is 13.8 Å². The molecular formula is C11H18F3N3O2. The van der Waals surface area contributed by atoms with Crippen molar-refractivity contribution in [2.45, 2.75) is 26.1 Å². The highest BCUT2D eigenvalue weighted by Gasteiger charge is 2.40. The van der Waals surface area contributed by atoms with Gasteiger partial charge in [0.25, 0.3) is 0 Å². The van der Waals surface area contributed by atoms with Gasteiger partial charge in [0, 0.05) is 26.2 Å². The third-order valence-corrected chi connectivity index (χ3v) is 3.11. The Morgan fingerprint density at radius 3 is 2.16 bits per heavy atom. The highest BCUT2D eigenvalue weighted by Crippen LogP contribution is 2.14. The number of nitrogens with one attached hydrogen (secondary N) is 1. The molecule has 8 heteroatoms. The summed E-state index contributed by atoms with van der Waals surface area (Å²) in [5.41, 5.74) is 0. The Balaban J connectivity index is 2.47. The molecule has 0 aliphatic carbocycles. The molecule has 1 atom stereocenters. The van der Waals surface area contributed by atoms with Crippen molar-refractivity contribution < 1.29 is 22.8 Å². The smallest absolute Gasteiger partial charge is 0.338 e. The Hall–Kier alpha value is -1.31. The topological polar surface area (TPSA) is 52.6 Å². The van der Waals surface area contributed by atoms with Crippen LogP contribution < -0.4 is 5.32 Å². The highest BCUT2D eigenvalue weighted by atomic mass is 19.4. The molecule has 1 fully saturated rings. The lowest BCUT2D eigenvalue weighted by molar-refractivity contribution is -0.175. The van der Waals surface area contributed by atoms with E-state index in [-0.39, 0.29) is 0 Å². The number of carbonyl (C=O) groups excluding carboxylic acids is 2. The summed E-state index contributed by atoms with van der Waals surface area (Å²) in [5.74, 6) is -2.56. The van der Waals surface area contributed by atoms with Gasteiger partial charge in [-0.15, -0.1) is 0 Å². The molecule has 1 saturated heterocycles. The molecule has 1 heterocycles. The predicted molar refractivity (Wildman–Crippen MR) is 62.4 cm³/mol.